The van der Waals surface area contributed by atoms with Gasteiger partial charge in [-0.1, -0.05) is 29.3 Å². The van der Waals surface area contributed by atoms with Gasteiger partial charge in [0.1, 0.15) is 11.8 Å². The van der Waals surface area contributed by atoms with Gasteiger partial charge in [0.25, 0.3) is 0 Å². The largest absolute Gasteiger partial charge is 0.497 e. The Labute approximate surface area is 210 Å². The van der Waals surface area contributed by atoms with Gasteiger partial charge in [-0.2, -0.15) is 0 Å². The average molecular weight is 530 g/mol. The van der Waals surface area contributed by atoms with E-state index in [-0.39, 0.29) is 37.7 Å². The number of hydrogen-bond acceptors (Lipinski definition) is 5. The molecule has 0 aromatic heterocycles. The van der Waals surface area contributed by atoms with Crippen LogP contribution in [-0.4, -0.2) is 58.1 Å². The molecule has 0 bridgehead atoms. The van der Waals surface area contributed by atoms with Gasteiger partial charge in [0.15, 0.2) is 0 Å². The number of likely N-dealkylation sites (N-methyl/N-ethyl adjacent to an activating group) is 1. The van der Waals surface area contributed by atoms with Crippen molar-refractivity contribution < 1.29 is 22.7 Å². The van der Waals surface area contributed by atoms with Crippen molar-refractivity contribution >= 4 is 50.7 Å². The summed E-state index contributed by atoms with van der Waals surface area (Å²) < 4.78 is 31.1. The van der Waals surface area contributed by atoms with Gasteiger partial charge in [-0.3, -0.25) is 13.9 Å². The lowest BCUT2D eigenvalue weighted by Gasteiger charge is -2.29. The normalized spacial score (nSPS) is 12.1. The molecule has 0 saturated carbocycles. The minimum absolute atomic E-state index is 0.0465. The fourth-order valence-corrected chi connectivity index (χ4v) is 4.66. The number of benzene rings is 2. The molecule has 11 heteroatoms. The van der Waals surface area contributed by atoms with Crippen LogP contribution in [0.4, 0.5) is 5.69 Å². The molecule has 0 saturated heterocycles. The van der Waals surface area contributed by atoms with E-state index in [0.29, 0.717) is 21.5 Å². The SMILES string of the molecule is CNC(=O)[C@H](C)N(Cc1ccc(Cl)c(Cl)c1)C(=O)CCCN(c1ccc(OC)cc1)S(C)(=O)=O. The quantitative estimate of drug-likeness (QED) is 0.478. The van der Waals surface area contributed by atoms with Crippen LogP contribution in [0.15, 0.2) is 42.5 Å². The number of halogens is 2. The first-order valence-corrected chi connectivity index (χ1v) is 13.1. The van der Waals surface area contributed by atoms with Crippen LogP contribution in [-0.2, 0) is 26.2 Å². The number of methoxy groups -OCH3 is 1. The number of hydrogen-bond donors (Lipinski definition) is 1. The highest BCUT2D eigenvalue weighted by Crippen LogP contribution is 2.25. The van der Waals surface area contributed by atoms with Crippen molar-refractivity contribution in [3.63, 3.8) is 0 Å². The number of amides is 2. The molecule has 2 amide bonds. The van der Waals surface area contributed by atoms with Crippen molar-refractivity contribution in [2.24, 2.45) is 0 Å². The Hall–Kier alpha value is -2.49. The number of nitrogens with zero attached hydrogens (tertiary/aromatic N) is 2. The molecule has 0 spiro atoms. The highest BCUT2D eigenvalue weighted by molar-refractivity contribution is 7.92. The zero-order valence-electron chi connectivity index (χ0n) is 19.5. The summed E-state index contributed by atoms with van der Waals surface area (Å²) in [5.74, 6) is 0.00303. The summed E-state index contributed by atoms with van der Waals surface area (Å²) in [5, 5.41) is 3.29. The number of anilines is 1. The summed E-state index contributed by atoms with van der Waals surface area (Å²) >= 11 is 12.1. The molecule has 0 aliphatic heterocycles. The van der Waals surface area contributed by atoms with Gasteiger partial charge >= 0.3 is 0 Å². The second-order valence-corrected chi connectivity index (χ2v) is 10.4. The Kier molecular flexibility index (Phi) is 10.0. The molecule has 0 radical (unpaired) electrons. The van der Waals surface area contributed by atoms with Gasteiger partial charge in [-0.05, 0) is 55.3 Å². The van der Waals surface area contributed by atoms with Crippen LogP contribution in [0.25, 0.3) is 0 Å². The molecule has 1 N–H and O–H groups in total. The topological polar surface area (TPSA) is 96.0 Å². The van der Waals surface area contributed by atoms with E-state index in [0.717, 1.165) is 11.8 Å². The van der Waals surface area contributed by atoms with E-state index in [9.17, 15) is 18.0 Å². The van der Waals surface area contributed by atoms with Crippen LogP contribution >= 0.6 is 23.2 Å². The maximum atomic E-state index is 13.1. The molecule has 0 aliphatic carbocycles. The van der Waals surface area contributed by atoms with E-state index < -0.39 is 16.1 Å². The van der Waals surface area contributed by atoms with E-state index in [2.05, 4.69) is 5.32 Å². The van der Waals surface area contributed by atoms with Crippen molar-refractivity contribution in [1.29, 1.82) is 0 Å². The molecule has 2 aromatic carbocycles. The van der Waals surface area contributed by atoms with Gasteiger partial charge in [0.2, 0.25) is 21.8 Å². The van der Waals surface area contributed by atoms with Gasteiger partial charge in [-0.15, -0.1) is 0 Å². The summed E-state index contributed by atoms with van der Waals surface area (Å²) in [4.78, 5) is 26.8. The standard InChI is InChI=1S/C23H29Cl2N3O5S/c1-16(23(30)26-2)27(15-17-7-12-20(24)21(25)14-17)22(29)6-5-13-28(34(4,31)32)18-8-10-19(33-3)11-9-18/h7-12,14,16H,5-6,13,15H2,1-4H3,(H,26,30)/t16-/m0/s1. The van der Waals surface area contributed by atoms with Gasteiger partial charge in [-0.25, -0.2) is 8.42 Å². The minimum Gasteiger partial charge on any atom is -0.497 e. The first-order chi connectivity index (χ1) is 16.0. The first kappa shape index (κ1) is 27.8. The Balaban J connectivity index is 2.15. The lowest BCUT2D eigenvalue weighted by atomic mass is 10.1. The third kappa shape index (κ3) is 7.51. The molecule has 1 atom stereocenters. The zero-order valence-corrected chi connectivity index (χ0v) is 21.9. The highest BCUT2D eigenvalue weighted by atomic mass is 35.5. The highest BCUT2D eigenvalue weighted by Gasteiger charge is 2.26. The van der Waals surface area contributed by atoms with Crippen LogP contribution in [0.2, 0.25) is 10.0 Å². The summed E-state index contributed by atoms with van der Waals surface area (Å²) in [7, 11) is -0.545. The number of carbonyl (C=O) groups excluding carboxylic acids is 2. The lowest BCUT2D eigenvalue weighted by Crippen LogP contribution is -2.46. The molecule has 34 heavy (non-hydrogen) atoms. The van der Waals surface area contributed by atoms with Crippen LogP contribution in [0.5, 0.6) is 5.75 Å². The molecule has 2 aromatic rings. The van der Waals surface area contributed by atoms with Crippen LogP contribution in [0.1, 0.15) is 25.3 Å². The number of carbonyl (C=O) groups is 2. The van der Waals surface area contributed by atoms with Crippen LogP contribution in [0.3, 0.4) is 0 Å². The third-order valence-corrected chi connectivity index (χ3v) is 7.20. The number of nitrogens with one attached hydrogen (secondary N) is 1. The molecule has 186 valence electrons. The van der Waals surface area contributed by atoms with Crippen LogP contribution < -0.4 is 14.4 Å². The van der Waals surface area contributed by atoms with Crippen molar-refractivity contribution in [2.45, 2.75) is 32.4 Å². The maximum absolute atomic E-state index is 13.1. The van der Waals surface area contributed by atoms with E-state index in [1.165, 1.54) is 23.4 Å². The molecule has 0 fully saturated rings. The molecular weight excluding hydrogens is 501 g/mol. The molecule has 2 rings (SSSR count). The second-order valence-electron chi connectivity index (χ2n) is 7.70. The zero-order chi connectivity index (χ0) is 25.5. The fraction of sp³-hybridized carbons (Fsp3) is 0.391. The summed E-state index contributed by atoms with van der Waals surface area (Å²) in [5.41, 5.74) is 1.19. The Bertz CT molecular complexity index is 1110. The fourth-order valence-electron chi connectivity index (χ4n) is 3.38. The van der Waals surface area contributed by atoms with E-state index >= 15 is 0 Å². The maximum Gasteiger partial charge on any atom is 0.242 e. The molecular formula is C23H29Cl2N3O5S. The van der Waals surface area contributed by atoms with Gasteiger partial charge in [0, 0.05) is 26.6 Å². The van der Waals surface area contributed by atoms with E-state index in [1.807, 2.05) is 0 Å². The predicted molar refractivity (Wildman–Crippen MR) is 135 cm³/mol. The van der Waals surface area contributed by atoms with Gasteiger partial charge < -0.3 is 15.0 Å². The second kappa shape index (κ2) is 12.3. The van der Waals surface area contributed by atoms with Gasteiger partial charge in [0.05, 0.1) is 29.1 Å². The number of ether oxygens (including phenoxy) is 1. The van der Waals surface area contributed by atoms with Crippen molar-refractivity contribution in [2.75, 3.05) is 31.3 Å². The smallest absolute Gasteiger partial charge is 0.242 e. The van der Waals surface area contributed by atoms with E-state index in [4.69, 9.17) is 27.9 Å². The average Bonchev–Trinajstić information content (AvgIpc) is 2.80. The third-order valence-electron chi connectivity index (χ3n) is 5.26. The number of sulfonamides is 1. The Morgan fingerprint density at radius 1 is 1.09 bits per heavy atom. The summed E-state index contributed by atoms with van der Waals surface area (Å²) in [6.07, 6.45) is 1.42. The minimum atomic E-state index is -3.57. The molecule has 0 heterocycles. The molecule has 0 aliphatic rings. The molecule has 8 nitrogen and oxygen atoms in total. The van der Waals surface area contributed by atoms with Crippen molar-refractivity contribution in [3.05, 3.63) is 58.1 Å². The Morgan fingerprint density at radius 2 is 1.74 bits per heavy atom. The summed E-state index contributed by atoms with van der Waals surface area (Å²) in [6.45, 7) is 1.89. The molecule has 0 unspecified atom stereocenters. The predicted octanol–water partition coefficient (Wildman–Crippen LogP) is 3.71. The number of rotatable bonds is 11. The van der Waals surface area contributed by atoms with Crippen molar-refractivity contribution in [3.8, 4) is 5.75 Å². The monoisotopic (exact) mass is 529 g/mol. The van der Waals surface area contributed by atoms with Crippen molar-refractivity contribution in [1.82, 2.24) is 10.2 Å². The van der Waals surface area contributed by atoms with E-state index in [1.54, 1.807) is 49.4 Å². The summed E-state index contributed by atoms with van der Waals surface area (Å²) in [6, 6.07) is 10.9. The van der Waals surface area contributed by atoms with Crippen LogP contribution in [0, 0.1) is 0 Å². The Morgan fingerprint density at radius 3 is 2.26 bits per heavy atom. The lowest BCUT2D eigenvalue weighted by molar-refractivity contribution is -0.140. The first-order valence-electron chi connectivity index (χ1n) is 10.5.